The molecule has 0 saturated carbocycles. The normalized spacial score (nSPS) is 11.0. The fourth-order valence-electron chi connectivity index (χ4n) is 3.01. The molecule has 3 rings (SSSR count). The van der Waals surface area contributed by atoms with Crippen molar-refractivity contribution in [2.24, 2.45) is 0 Å². The number of rotatable bonds is 8. The highest BCUT2D eigenvalue weighted by Crippen LogP contribution is 2.21. The Balaban J connectivity index is 1.71. The molecule has 0 unspecified atom stereocenters. The van der Waals surface area contributed by atoms with Crippen LogP contribution in [0, 0.1) is 6.92 Å². The van der Waals surface area contributed by atoms with Gasteiger partial charge in [0.1, 0.15) is 5.75 Å². The molecule has 0 heterocycles. The number of carbonyl (C=O) groups excluding carboxylic acids is 1. The molecule has 1 amide bonds. The standard InChI is InChI=1S/C23H24N2O4S/c1-17-11-13-19(14-12-17)30(27,28)25-21-9-5-4-8-20(21)23(26)24-16-15-18-7-3-6-10-22(18)29-2/h3-14,25H,15-16H2,1-2H3,(H,24,26). The summed E-state index contributed by atoms with van der Waals surface area (Å²) in [5, 5.41) is 2.84. The Hall–Kier alpha value is -3.32. The monoisotopic (exact) mass is 424 g/mol. The number of anilines is 1. The highest BCUT2D eigenvalue weighted by atomic mass is 32.2. The molecule has 0 aliphatic rings. The molecule has 0 bridgehead atoms. The first-order valence-electron chi connectivity index (χ1n) is 9.49. The first-order valence-corrected chi connectivity index (χ1v) is 11.0. The van der Waals surface area contributed by atoms with Gasteiger partial charge in [0.25, 0.3) is 15.9 Å². The van der Waals surface area contributed by atoms with E-state index >= 15 is 0 Å². The number of sulfonamides is 1. The van der Waals surface area contributed by atoms with Gasteiger partial charge in [0.15, 0.2) is 0 Å². The van der Waals surface area contributed by atoms with Gasteiger partial charge in [0.2, 0.25) is 0 Å². The minimum atomic E-state index is -3.81. The minimum absolute atomic E-state index is 0.138. The molecular formula is C23H24N2O4S. The summed E-state index contributed by atoms with van der Waals surface area (Å²) in [5.41, 5.74) is 2.43. The zero-order valence-corrected chi connectivity index (χ0v) is 17.7. The number of ether oxygens (including phenoxy) is 1. The number of methoxy groups -OCH3 is 1. The minimum Gasteiger partial charge on any atom is -0.496 e. The second-order valence-corrected chi connectivity index (χ2v) is 8.46. The predicted molar refractivity (Wildman–Crippen MR) is 117 cm³/mol. The summed E-state index contributed by atoms with van der Waals surface area (Å²) in [6, 6.07) is 20.7. The summed E-state index contributed by atoms with van der Waals surface area (Å²) >= 11 is 0. The topological polar surface area (TPSA) is 84.5 Å². The Morgan fingerprint density at radius 2 is 1.60 bits per heavy atom. The van der Waals surface area contributed by atoms with Crippen molar-refractivity contribution in [1.29, 1.82) is 0 Å². The van der Waals surface area contributed by atoms with E-state index in [1.54, 1.807) is 43.5 Å². The van der Waals surface area contributed by atoms with Crippen molar-refractivity contribution >= 4 is 21.6 Å². The zero-order valence-electron chi connectivity index (χ0n) is 16.9. The molecule has 0 atom stereocenters. The van der Waals surface area contributed by atoms with E-state index in [-0.39, 0.29) is 22.1 Å². The van der Waals surface area contributed by atoms with Crippen LogP contribution in [0.3, 0.4) is 0 Å². The number of para-hydroxylation sites is 2. The molecule has 156 valence electrons. The molecule has 6 nitrogen and oxygen atoms in total. The third-order valence-corrected chi connectivity index (χ3v) is 6.00. The molecule has 0 saturated heterocycles. The van der Waals surface area contributed by atoms with E-state index in [4.69, 9.17) is 4.74 Å². The van der Waals surface area contributed by atoms with E-state index < -0.39 is 10.0 Å². The molecule has 0 fully saturated rings. The second kappa shape index (κ2) is 9.45. The van der Waals surface area contributed by atoms with Crippen LogP contribution in [0.5, 0.6) is 5.75 Å². The molecule has 7 heteroatoms. The van der Waals surface area contributed by atoms with Crippen molar-refractivity contribution in [3.05, 3.63) is 89.5 Å². The summed E-state index contributed by atoms with van der Waals surface area (Å²) in [7, 11) is -2.20. The van der Waals surface area contributed by atoms with E-state index in [1.165, 1.54) is 12.1 Å². The summed E-state index contributed by atoms with van der Waals surface area (Å²) in [6.07, 6.45) is 0.590. The van der Waals surface area contributed by atoms with Gasteiger partial charge in [-0.05, 0) is 49.2 Å². The zero-order chi connectivity index (χ0) is 21.6. The van der Waals surface area contributed by atoms with Crippen LogP contribution >= 0.6 is 0 Å². The van der Waals surface area contributed by atoms with Gasteiger partial charge in [0.05, 0.1) is 23.3 Å². The molecule has 0 spiro atoms. The first-order chi connectivity index (χ1) is 14.4. The largest absolute Gasteiger partial charge is 0.496 e. The second-order valence-electron chi connectivity index (χ2n) is 6.78. The fourth-order valence-corrected chi connectivity index (χ4v) is 4.09. The number of nitrogens with one attached hydrogen (secondary N) is 2. The first kappa shape index (κ1) is 21.4. The Bertz CT molecular complexity index is 1130. The number of hydrogen-bond donors (Lipinski definition) is 2. The molecule has 2 N–H and O–H groups in total. The molecule has 30 heavy (non-hydrogen) atoms. The van der Waals surface area contributed by atoms with E-state index in [9.17, 15) is 13.2 Å². The summed E-state index contributed by atoms with van der Waals surface area (Å²) in [6.45, 7) is 2.27. The lowest BCUT2D eigenvalue weighted by atomic mass is 10.1. The van der Waals surface area contributed by atoms with Gasteiger partial charge >= 0.3 is 0 Å². The van der Waals surface area contributed by atoms with Gasteiger partial charge in [-0.2, -0.15) is 0 Å². The van der Waals surface area contributed by atoms with Crippen molar-refractivity contribution < 1.29 is 17.9 Å². The molecule has 0 aliphatic carbocycles. The van der Waals surface area contributed by atoms with Gasteiger partial charge in [-0.15, -0.1) is 0 Å². The highest BCUT2D eigenvalue weighted by molar-refractivity contribution is 7.92. The smallest absolute Gasteiger partial charge is 0.261 e. The number of hydrogen-bond acceptors (Lipinski definition) is 4. The van der Waals surface area contributed by atoms with Crippen molar-refractivity contribution in [2.75, 3.05) is 18.4 Å². The van der Waals surface area contributed by atoms with Gasteiger partial charge in [0, 0.05) is 6.54 Å². The van der Waals surface area contributed by atoms with Gasteiger partial charge in [-0.3, -0.25) is 9.52 Å². The molecule has 0 aromatic heterocycles. The number of amides is 1. The average Bonchev–Trinajstić information content (AvgIpc) is 2.74. The van der Waals surface area contributed by atoms with Gasteiger partial charge in [-0.1, -0.05) is 48.0 Å². The Labute approximate surface area is 177 Å². The van der Waals surface area contributed by atoms with Crippen LogP contribution in [0.1, 0.15) is 21.5 Å². The predicted octanol–water partition coefficient (Wildman–Crippen LogP) is 3.78. The van der Waals surface area contributed by atoms with Gasteiger partial charge in [-0.25, -0.2) is 8.42 Å². The molecule has 0 radical (unpaired) electrons. The van der Waals surface area contributed by atoms with Crippen LogP contribution in [0.15, 0.2) is 77.7 Å². The maximum Gasteiger partial charge on any atom is 0.261 e. The van der Waals surface area contributed by atoms with Crippen LogP contribution < -0.4 is 14.8 Å². The summed E-state index contributed by atoms with van der Waals surface area (Å²) < 4.78 is 33.2. The molecule has 3 aromatic rings. The lowest BCUT2D eigenvalue weighted by Crippen LogP contribution is -2.27. The number of benzene rings is 3. The van der Waals surface area contributed by atoms with Crippen LogP contribution in [-0.2, 0) is 16.4 Å². The highest BCUT2D eigenvalue weighted by Gasteiger charge is 2.18. The van der Waals surface area contributed by atoms with Crippen molar-refractivity contribution in [3.63, 3.8) is 0 Å². The van der Waals surface area contributed by atoms with E-state index in [2.05, 4.69) is 10.0 Å². The van der Waals surface area contributed by atoms with Crippen LogP contribution in [0.2, 0.25) is 0 Å². The lowest BCUT2D eigenvalue weighted by molar-refractivity contribution is 0.0955. The maximum atomic E-state index is 12.7. The number of aryl methyl sites for hydroxylation is 1. The fraction of sp³-hybridized carbons (Fsp3) is 0.174. The van der Waals surface area contributed by atoms with Crippen molar-refractivity contribution in [2.45, 2.75) is 18.2 Å². The Kier molecular flexibility index (Phi) is 6.74. The third-order valence-electron chi connectivity index (χ3n) is 4.62. The average molecular weight is 425 g/mol. The third kappa shape index (κ3) is 5.18. The number of carbonyl (C=O) groups is 1. The van der Waals surface area contributed by atoms with Crippen molar-refractivity contribution in [1.82, 2.24) is 5.32 Å². The molecular weight excluding hydrogens is 400 g/mol. The van der Waals surface area contributed by atoms with Gasteiger partial charge < -0.3 is 10.1 Å². The van der Waals surface area contributed by atoms with E-state index in [0.29, 0.717) is 13.0 Å². The quantitative estimate of drug-likeness (QED) is 0.576. The molecule has 3 aromatic carbocycles. The summed E-state index contributed by atoms with van der Waals surface area (Å²) in [4.78, 5) is 12.8. The van der Waals surface area contributed by atoms with Crippen LogP contribution in [0.25, 0.3) is 0 Å². The van der Waals surface area contributed by atoms with Crippen molar-refractivity contribution in [3.8, 4) is 5.75 Å². The van der Waals surface area contributed by atoms with E-state index in [0.717, 1.165) is 16.9 Å². The van der Waals surface area contributed by atoms with Crippen LogP contribution in [-0.4, -0.2) is 28.0 Å². The molecule has 0 aliphatic heterocycles. The SMILES string of the molecule is COc1ccccc1CCNC(=O)c1ccccc1NS(=O)(=O)c1ccc(C)cc1. The Morgan fingerprint density at radius 3 is 2.33 bits per heavy atom. The van der Waals surface area contributed by atoms with E-state index in [1.807, 2.05) is 31.2 Å². The Morgan fingerprint density at radius 1 is 0.933 bits per heavy atom. The summed E-state index contributed by atoms with van der Waals surface area (Å²) in [5.74, 6) is 0.408. The van der Waals surface area contributed by atoms with Crippen LogP contribution in [0.4, 0.5) is 5.69 Å². The maximum absolute atomic E-state index is 12.7. The lowest BCUT2D eigenvalue weighted by Gasteiger charge is -2.13.